The van der Waals surface area contributed by atoms with Gasteiger partial charge in [0, 0.05) is 33.3 Å². The summed E-state index contributed by atoms with van der Waals surface area (Å²) in [4.78, 5) is 22.0. The maximum Gasteiger partial charge on any atom is 0.410 e. The Morgan fingerprint density at radius 1 is 1.00 bits per heavy atom. The number of nitrogens with zero attached hydrogens (tertiary/aromatic N) is 3. The van der Waals surface area contributed by atoms with Gasteiger partial charge in [-0.25, -0.2) is 4.79 Å². The topological polar surface area (TPSA) is 63.6 Å². The molecule has 0 fully saturated rings. The van der Waals surface area contributed by atoms with Gasteiger partial charge in [-0.3, -0.25) is 0 Å². The van der Waals surface area contributed by atoms with Gasteiger partial charge in [0.15, 0.2) is 8.32 Å². The van der Waals surface area contributed by atoms with Crippen molar-refractivity contribution in [3.8, 4) is 0 Å². The molecular formula is C28H51N3O4Si. The third kappa shape index (κ3) is 13.4. The molecule has 0 aromatic heterocycles. The van der Waals surface area contributed by atoms with E-state index >= 15 is 0 Å². The van der Waals surface area contributed by atoms with Gasteiger partial charge in [-0.05, 0) is 70.8 Å². The van der Waals surface area contributed by atoms with Crippen LogP contribution in [0.5, 0.6) is 0 Å². The van der Waals surface area contributed by atoms with Crippen LogP contribution in [0.1, 0.15) is 66.4 Å². The molecule has 7 nitrogen and oxygen atoms in total. The second-order valence-corrected chi connectivity index (χ2v) is 16.9. The molecule has 0 spiro atoms. The highest BCUT2D eigenvalue weighted by Crippen LogP contribution is 2.36. The third-order valence-electron chi connectivity index (χ3n) is 6.51. The van der Waals surface area contributed by atoms with Crippen molar-refractivity contribution in [2.45, 2.75) is 90.6 Å². The number of hydrogen-bond donors (Lipinski definition) is 0. The average Bonchev–Trinajstić information content (AvgIpc) is 2.76. The molecule has 0 saturated heterocycles. The zero-order valence-corrected chi connectivity index (χ0v) is 25.5. The molecule has 0 heterocycles. The Kier molecular flexibility index (Phi) is 13.2. The molecule has 1 aromatic rings. The number of amides is 1. The number of benzene rings is 1. The van der Waals surface area contributed by atoms with E-state index in [0.717, 1.165) is 44.5 Å². The largest absolute Gasteiger partial charge is 0.444 e. The molecule has 1 aromatic carbocycles. The number of carbonyl (C=O) groups is 1. The zero-order valence-electron chi connectivity index (χ0n) is 24.5. The second kappa shape index (κ2) is 14.7. The Morgan fingerprint density at radius 3 is 2.22 bits per heavy atom. The van der Waals surface area contributed by atoms with Gasteiger partial charge < -0.3 is 23.8 Å². The molecule has 1 atom stereocenters. The summed E-state index contributed by atoms with van der Waals surface area (Å²) >= 11 is 0. The molecule has 0 bridgehead atoms. The van der Waals surface area contributed by atoms with Crippen LogP contribution in [0.2, 0.25) is 18.1 Å². The minimum Gasteiger partial charge on any atom is -0.444 e. The number of carbonyl (C=O) groups excluding carboxylic acids is 1. The van der Waals surface area contributed by atoms with E-state index in [1.54, 1.807) is 18.2 Å². The normalized spacial score (nSPS) is 13.8. The summed E-state index contributed by atoms with van der Waals surface area (Å²) in [5.41, 5.74) is 0.524. The maximum absolute atomic E-state index is 12.2. The number of oxime groups is 1. The first kappa shape index (κ1) is 32.1. The lowest BCUT2D eigenvalue weighted by Crippen LogP contribution is -2.41. The number of hydrogen-bond acceptors (Lipinski definition) is 6. The molecule has 0 aliphatic rings. The second-order valence-electron chi connectivity index (χ2n) is 12.1. The van der Waals surface area contributed by atoms with Crippen LogP contribution in [0, 0.1) is 0 Å². The van der Waals surface area contributed by atoms with Crippen LogP contribution in [0.4, 0.5) is 4.79 Å². The van der Waals surface area contributed by atoms with Crippen molar-refractivity contribution in [1.82, 2.24) is 9.80 Å². The Labute approximate surface area is 221 Å². The van der Waals surface area contributed by atoms with Gasteiger partial charge in [-0.15, -0.1) is 0 Å². The van der Waals surface area contributed by atoms with Crippen molar-refractivity contribution in [1.29, 1.82) is 0 Å². The Balaban J connectivity index is 2.57. The summed E-state index contributed by atoms with van der Waals surface area (Å²) in [6.45, 7) is 19.9. The van der Waals surface area contributed by atoms with Crippen LogP contribution in [0.3, 0.4) is 0 Å². The smallest absolute Gasteiger partial charge is 0.410 e. The predicted molar refractivity (Wildman–Crippen MR) is 152 cm³/mol. The van der Waals surface area contributed by atoms with E-state index in [0.29, 0.717) is 6.54 Å². The minimum atomic E-state index is -1.75. The summed E-state index contributed by atoms with van der Waals surface area (Å²) in [6, 6.07) is 9.97. The molecule has 1 amide bonds. The fraction of sp³-hybridized carbons (Fsp3) is 0.714. The number of ether oxygens (including phenoxy) is 1. The summed E-state index contributed by atoms with van der Waals surface area (Å²) in [5.74, 6) is 0. The van der Waals surface area contributed by atoms with Crippen LogP contribution in [0.25, 0.3) is 0 Å². The van der Waals surface area contributed by atoms with Gasteiger partial charge in [0.05, 0.1) is 6.21 Å². The number of likely N-dealkylation sites (N-methyl/N-ethyl adjacent to an activating group) is 2. The molecule has 206 valence electrons. The first-order valence-electron chi connectivity index (χ1n) is 13.1. The van der Waals surface area contributed by atoms with Crippen molar-refractivity contribution in [2.24, 2.45) is 5.16 Å². The molecule has 0 aliphatic carbocycles. The zero-order chi connectivity index (χ0) is 27.4. The van der Waals surface area contributed by atoms with Crippen molar-refractivity contribution in [3.63, 3.8) is 0 Å². The van der Waals surface area contributed by atoms with Gasteiger partial charge >= 0.3 is 6.09 Å². The minimum absolute atomic E-state index is 0.000914. The van der Waals surface area contributed by atoms with Crippen molar-refractivity contribution in [2.75, 3.05) is 40.3 Å². The van der Waals surface area contributed by atoms with Crippen molar-refractivity contribution in [3.05, 3.63) is 35.9 Å². The molecular weight excluding hydrogens is 470 g/mol. The lowest BCUT2D eigenvalue weighted by molar-refractivity contribution is 0.0264. The summed E-state index contributed by atoms with van der Waals surface area (Å²) in [7, 11) is 2.09. The molecule has 0 N–H and O–H groups in total. The third-order valence-corrected chi connectivity index (χ3v) is 11.0. The van der Waals surface area contributed by atoms with E-state index < -0.39 is 13.9 Å². The van der Waals surface area contributed by atoms with Gasteiger partial charge in [-0.1, -0.05) is 56.3 Å². The molecule has 1 rings (SSSR count). The van der Waals surface area contributed by atoms with Crippen LogP contribution in [-0.4, -0.2) is 82.5 Å². The molecule has 0 aliphatic heterocycles. The SMILES string of the molecule is CN(CCC(CCCO[Si](C)(C)C(C)(C)C)O/N=C/c1ccccc1)CCN(C)C(=O)OC(C)(C)C. The molecule has 0 radical (unpaired) electrons. The monoisotopic (exact) mass is 521 g/mol. The maximum atomic E-state index is 12.2. The average molecular weight is 522 g/mol. The van der Waals surface area contributed by atoms with Crippen LogP contribution < -0.4 is 0 Å². The summed E-state index contributed by atoms with van der Waals surface area (Å²) in [6.07, 6.45) is 4.13. The Morgan fingerprint density at radius 2 is 1.64 bits per heavy atom. The summed E-state index contributed by atoms with van der Waals surface area (Å²) < 4.78 is 11.8. The predicted octanol–water partition coefficient (Wildman–Crippen LogP) is 6.40. The van der Waals surface area contributed by atoms with Crippen LogP contribution in [-0.2, 0) is 14.0 Å². The first-order valence-corrected chi connectivity index (χ1v) is 16.0. The van der Waals surface area contributed by atoms with E-state index in [1.165, 1.54) is 0 Å². The van der Waals surface area contributed by atoms with Crippen molar-refractivity contribution >= 4 is 20.6 Å². The fourth-order valence-corrected chi connectivity index (χ4v) is 4.14. The molecule has 0 saturated carbocycles. The highest BCUT2D eigenvalue weighted by Gasteiger charge is 2.36. The highest BCUT2D eigenvalue weighted by atomic mass is 28.4. The lowest BCUT2D eigenvalue weighted by atomic mass is 10.1. The van der Waals surface area contributed by atoms with Crippen LogP contribution in [0.15, 0.2) is 35.5 Å². The molecule has 36 heavy (non-hydrogen) atoms. The van der Waals surface area contributed by atoms with Gasteiger partial charge in [0.2, 0.25) is 0 Å². The van der Waals surface area contributed by atoms with E-state index in [2.05, 4.69) is 51.0 Å². The van der Waals surface area contributed by atoms with E-state index in [4.69, 9.17) is 14.0 Å². The van der Waals surface area contributed by atoms with E-state index in [9.17, 15) is 4.79 Å². The quantitative estimate of drug-likeness (QED) is 0.123. The van der Waals surface area contributed by atoms with Crippen LogP contribution >= 0.6 is 0 Å². The highest BCUT2D eigenvalue weighted by molar-refractivity contribution is 6.74. The van der Waals surface area contributed by atoms with Gasteiger partial charge in [0.1, 0.15) is 11.7 Å². The van der Waals surface area contributed by atoms with Gasteiger partial charge in [-0.2, -0.15) is 0 Å². The first-order chi connectivity index (χ1) is 16.6. The van der Waals surface area contributed by atoms with E-state index in [1.807, 2.05) is 51.1 Å². The summed E-state index contributed by atoms with van der Waals surface area (Å²) in [5, 5.41) is 4.48. The molecule has 8 heteroatoms. The Hall–Kier alpha value is -1.90. The van der Waals surface area contributed by atoms with Gasteiger partial charge in [0.25, 0.3) is 0 Å². The number of rotatable bonds is 14. The standard InChI is InChI=1S/C28H51N3O4Si/c1-27(2,3)34-26(32)31(8)21-20-30(7)19-18-25(35-29-23-24-15-12-11-13-16-24)17-14-22-33-36(9,10)28(4,5)6/h11-13,15-16,23,25H,14,17-22H2,1-10H3/b29-23+. The molecule has 1 unspecified atom stereocenters. The van der Waals surface area contributed by atoms with E-state index in [-0.39, 0.29) is 17.2 Å². The Bertz CT molecular complexity index is 788. The fourth-order valence-electron chi connectivity index (χ4n) is 3.05. The lowest BCUT2D eigenvalue weighted by Gasteiger charge is -2.36. The van der Waals surface area contributed by atoms with Crippen molar-refractivity contribution < 1.29 is 18.8 Å².